The monoisotopic (exact) mass is 326 g/mol. The fourth-order valence-electron chi connectivity index (χ4n) is 2.17. The number of pyridine rings is 1. The summed E-state index contributed by atoms with van der Waals surface area (Å²) < 4.78 is 13.9. The van der Waals surface area contributed by atoms with Gasteiger partial charge in [-0.1, -0.05) is 12.1 Å². The zero-order valence-corrected chi connectivity index (χ0v) is 12.2. The minimum absolute atomic E-state index is 0.227. The molecule has 1 aliphatic rings. The van der Waals surface area contributed by atoms with Gasteiger partial charge in [-0.05, 0) is 24.3 Å². The van der Waals surface area contributed by atoms with Gasteiger partial charge in [-0.15, -0.1) is 0 Å². The molecule has 0 saturated carbocycles. The largest absolute Gasteiger partial charge is 0.335 e. The van der Waals surface area contributed by atoms with Crippen molar-refractivity contribution in [3.05, 3.63) is 54.6 Å². The van der Waals surface area contributed by atoms with Gasteiger partial charge in [0.1, 0.15) is 5.82 Å². The number of amides is 4. The lowest BCUT2D eigenvalue weighted by Crippen LogP contribution is -2.58. The Morgan fingerprint density at radius 3 is 2.54 bits per heavy atom. The molecule has 0 unspecified atom stereocenters. The maximum Gasteiger partial charge on any atom is 0.335 e. The van der Waals surface area contributed by atoms with E-state index < -0.39 is 29.6 Å². The molecule has 0 bridgehead atoms. The van der Waals surface area contributed by atoms with Crippen molar-refractivity contribution in [2.75, 3.05) is 4.90 Å². The topological polar surface area (TPSA) is 91.7 Å². The van der Waals surface area contributed by atoms with Gasteiger partial charge in [0.15, 0.2) is 5.92 Å². The van der Waals surface area contributed by atoms with E-state index in [-0.39, 0.29) is 5.69 Å². The summed E-state index contributed by atoms with van der Waals surface area (Å²) in [7, 11) is 0. The third-order valence-corrected chi connectivity index (χ3v) is 3.33. The average Bonchev–Trinajstić information content (AvgIpc) is 2.57. The molecular formula is C16H11FN4O3. The van der Waals surface area contributed by atoms with Crippen LogP contribution in [0.4, 0.5) is 20.6 Å². The van der Waals surface area contributed by atoms with Crippen LogP contribution in [0.1, 0.15) is 0 Å². The molecule has 1 atom stereocenters. The number of nitrogens with one attached hydrogen (secondary N) is 1. The summed E-state index contributed by atoms with van der Waals surface area (Å²) in [4.78, 5) is 44.8. The van der Waals surface area contributed by atoms with Crippen molar-refractivity contribution < 1.29 is 18.8 Å². The average molecular weight is 326 g/mol. The number of urea groups is 1. The molecule has 2 aromatic rings. The molecule has 0 radical (unpaired) electrons. The van der Waals surface area contributed by atoms with Crippen LogP contribution in [0.25, 0.3) is 0 Å². The van der Waals surface area contributed by atoms with Crippen molar-refractivity contribution in [3.8, 4) is 0 Å². The number of rotatable bonds is 3. The molecule has 3 rings (SSSR count). The highest BCUT2D eigenvalue weighted by molar-refractivity contribution is 6.32. The standard InChI is InChI=1S/C16H11FN4O3/c17-12-3-1-2-4-13(12)21-15(23)11(14(22)20-16(21)24)9-19-10-5-7-18-8-6-10/h1-9,11H,(H,20,22,24)/t11-/m1/s1. The van der Waals surface area contributed by atoms with Crippen LogP contribution in [0.15, 0.2) is 53.8 Å². The first kappa shape index (κ1) is 15.5. The fraction of sp³-hybridized carbons (Fsp3) is 0.0625. The van der Waals surface area contributed by atoms with Crippen LogP contribution in [-0.2, 0) is 9.59 Å². The predicted molar refractivity (Wildman–Crippen MR) is 83.3 cm³/mol. The van der Waals surface area contributed by atoms with E-state index in [1.807, 2.05) is 5.32 Å². The number of nitrogens with zero attached hydrogens (tertiary/aromatic N) is 3. The van der Waals surface area contributed by atoms with Gasteiger partial charge in [-0.25, -0.2) is 14.1 Å². The van der Waals surface area contributed by atoms with E-state index in [1.165, 1.54) is 30.6 Å². The second kappa shape index (κ2) is 6.37. The first-order valence-electron chi connectivity index (χ1n) is 6.95. The zero-order chi connectivity index (χ0) is 17.1. The Kier molecular flexibility index (Phi) is 4.11. The van der Waals surface area contributed by atoms with Gasteiger partial charge in [-0.2, -0.15) is 0 Å². The summed E-state index contributed by atoms with van der Waals surface area (Å²) in [5, 5.41) is 2.03. The number of barbiturate groups is 1. The number of anilines is 1. The van der Waals surface area contributed by atoms with Crippen molar-refractivity contribution >= 4 is 35.4 Å². The van der Waals surface area contributed by atoms with E-state index in [4.69, 9.17) is 0 Å². The summed E-state index contributed by atoms with van der Waals surface area (Å²) in [6.07, 6.45) is 4.13. The molecule has 0 spiro atoms. The highest BCUT2D eigenvalue weighted by Gasteiger charge is 2.41. The van der Waals surface area contributed by atoms with Crippen molar-refractivity contribution in [2.45, 2.75) is 0 Å². The van der Waals surface area contributed by atoms with Crippen LogP contribution in [-0.4, -0.2) is 29.0 Å². The second-order valence-electron chi connectivity index (χ2n) is 4.88. The molecule has 1 fully saturated rings. The molecule has 2 heterocycles. The number of hydrogen-bond acceptors (Lipinski definition) is 5. The third-order valence-electron chi connectivity index (χ3n) is 3.33. The number of imide groups is 2. The Hall–Kier alpha value is -3.42. The number of halogens is 1. The van der Waals surface area contributed by atoms with Crippen LogP contribution >= 0.6 is 0 Å². The Balaban J connectivity index is 1.92. The molecule has 7 nitrogen and oxygen atoms in total. The van der Waals surface area contributed by atoms with Gasteiger partial charge in [-0.3, -0.25) is 24.9 Å². The zero-order valence-electron chi connectivity index (χ0n) is 12.2. The quantitative estimate of drug-likeness (QED) is 0.688. The molecule has 0 aliphatic carbocycles. The first-order valence-corrected chi connectivity index (χ1v) is 6.95. The lowest BCUT2D eigenvalue weighted by atomic mass is 10.1. The molecular weight excluding hydrogens is 315 g/mol. The van der Waals surface area contributed by atoms with Gasteiger partial charge in [0.25, 0.3) is 5.91 Å². The van der Waals surface area contributed by atoms with Gasteiger partial charge in [0.2, 0.25) is 5.91 Å². The number of para-hydroxylation sites is 1. The Morgan fingerprint density at radius 1 is 1.12 bits per heavy atom. The molecule has 1 aromatic carbocycles. The fourth-order valence-corrected chi connectivity index (χ4v) is 2.17. The van der Waals surface area contributed by atoms with Crippen LogP contribution < -0.4 is 10.2 Å². The molecule has 24 heavy (non-hydrogen) atoms. The van der Waals surface area contributed by atoms with E-state index >= 15 is 0 Å². The number of hydrogen-bond donors (Lipinski definition) is 1. The molecule has 1 aromatic heterocycles. The summed E-state index contributed by atoms with van der Waals surface area (Å²) >= 11 is 0. The van der Waals surface area contributed by atoms with E-state index in [0.717, 1.165) is 12.3 Å². The number of aromatic nitrogens is 1. The van der Waals surface area contributed by atoms with Crippen molar-refractivity contribution in [1.29, 1.82) is 0 Å². The molecule has 1 saturated heterocycles. The third kappa shape index (κ3) is 2.89. The number of carbonyl (C=O) groups excluding carboxylic acids is 3. The normalized spacial score (nSPS) is 18.1. The smallest absolute Gasteiger partial charge is 0.276 e. The van der Waals surface area contributed by atoms with Gasteiger partial charge < -0.3 is 0 Å². The summed E-state index contributed by atoms with van der Waals surface area (Å²) in [5.41, 5.74) is 0.259. The minimum atomic E-state index is -1.34. The Bertz CT molecular complexity index is 838. The van der Waals surface area contributed by atoms with Crippen molar-refractivity contribution in [2.24, 2.45) is 10.9 Å². The summed E-state index contributed by atoms with van der Waals surface area (Å²) in [6, 6.07) is 7.48. The predicted octanol–water partition coefficient (Wildman–Crippen LogP) is 1.82. The van der Waals surface area contributed by atoms with Crippen molar-refractivity contribution in [1.82, 2.24) is 10.3 Å². The van der Waals surface area contributed by atoms with Gasteiger partial charge in [0, 0.05) is 18.6 Å². The van der Waals surface area contributed by atoms with Crippen molar-refractivity contribution in [3.63, 3.8) is 0 Å². The Labute approximate surface area is 135 Å². The number of aliphatic imine (C=N–C) groups is 1. The second-order valence-corrected chi connectivity index (χ2v) is 4.88. The number of carbonyl (C=O) groups is 3. The minimum Gasteiger partial charge on any atom is -0.276 e. The van der Waals surface area contributed by atoms with E-state index in [1.54, 1.807) is 12.1 Å². The molecule has 4 amide bonds. The number of benzene rings is 1. The summed E-state index contributed by atoms with van der Waals surface area (Å²) in [5.74, 6) is -3.77. The Morgan fingerprint density at radius 2 is 1.83 bits per heavy atom. The maximum atomic E-state index is 13.9. The van der Waals surface area contributed by atoms with Crippen LogP contribution in [0.3, 0.4) is 0 Å². The molecule has 8 heteroatoms. The van der Waals surface area contributed by atoms with E-state index in [0.29, 0.717) is 10.6 Å². The SMILES string of the molecule is O=C1NC(=O)N(c2ccccc2F)C(=O)[C@@H]1C=Nc1ccncc1. The van der Waals surface area contributed by atoms with Gasteiger partial charge >= 0.3 is 6.03 Å². The first-order chi connectivity index (χ1) is 11.6. The maximum absolute atomic E-state index is 13.9. The molecule has 1 aliphatic heterocycles. The van der Waals surface area contributed by atoms with Crippen LogP contribution in [0.2, 0.25) is 0 Å². The van der Waals surface area contributed by atoms with Gasteiger partial charge in [0.05, 0.1) is 11.4 Å². The highest BCUT2D eigenvalue weighted by atomic mass is 19.1. The molecule has 120 valence electrons. The lowest BCUT2D eigenvalue weighted by molar-refractivity contribution is -0.131. The van der Waals surface area contributed by atoms with E-state index in [9.17, 15) is 18.8 Å². The lowest BCUT2D eigenvalue weighted by Gasteiger charge is -2.28. The van der Waals surface area contributed by atoms with Crippen LogP contribution in [0, 0.1) is 11.7 Å². The highest BCUT2D eigenvalue weighted by Crippen LogP contribution is 2.23. The van der Waals surface area contributed by atoms with Crippen LogP contribution in [0.5, 0.6) is 0 Å². The molecule has 1 N–H and O–H groups in total. The van der Waals surface area contributed by atoms with E-state index in [2.05, 4.69) is 9.98 Å². The summed E-state index contributed by atoms with van der Waals surface area (Å²) in [6.45, 7) is 0.